The lowest BCUT2D eigenvalue weighted by Crippen LogP contribution is -2.25. The highest BCUT2D eigenvalue weighted by Gasteiger charge is 2.07. The topological polar surface area (TPSA) is 80.4 Å². The molecule has 92 valence electrons. The zero-order valence-electron chi connectivity index (χ0n) is 9.65. The second-order valence-electron chi connectivity index (χ2n) is 4.40. The van der Waals surface area contributed by atoms with Crippen LogP contribution in [0.3, 0.4) is 0 Å². The third kappa shape index (κ3) is 10.2. The first-order valence-corrected chi connectivity index (χ1v) is 7.14. The number of hydrogen-bond donors (Lipinski definition) is 2. The Bertz CT molecular complexity index is 249. The first-order valence-electron chi connectivity index (χ1n) is 5.53. The standard InChI is InChI=1S/C10H23NO3S/c1-9(2)10(11)7-5-3-4-6-8-15(12,13)14/h9-10H,3-8,11H2,1-2H3,(H,12,13,14)/t10-/m1/s1. The summed E-state index contributed by atoms with van der Waals surface area (Å²) in [4.78, 5) is 0. The van der Waals surface area contributed by atoms with Crippen molar-refractivity contribution < 1.29 is 13.0 Å². The van der Waals surface area contributed by atoms with Gasteiger partial charge < -0.3 is 5.73 Å². The molecule has 0 aliphatic rings. The van der Waals surface area contributed by atoms with E-state index in [1.807, 2.05) is 0 Å². The van der Waals surface area contributed by atoms with Crippen molar-refractivity contribution in [2.24, 2.45) is 11.7 Å². The second-order valence-corrected chi connectivity index (χ2v) is 5.97. The molecule has 5 heteroatoms. The quantitative estimate of drug-likeness (QED) is 0.498. The van der Waals surface area contributed by atoms with E-state index in [1.54, 1.807) is 0 Å². The Hall–Kier alpha value is -0.130. The maximum Gasteiger partial charge on any atom is 0.264 e. The predicted molar refractivity (Wildman–Crippen MR) is 62.3 cm³/mol. The summed E-state index contributed by atoms with van der Waals surface area (Å²) in [5.74, 6) is 0.381. The number of rotatable bonds is 8. The van der Waals surface area contributed by atoms with Crippen molar-refractivity contribution in [2.45, 2.75) is 52.0 Å². The lowest BCUT2D eigenvalue weighted by Gasteiger charge is -2.14. The Balaban J connectivity index is 3.33. The van der Waals surface area contributed by atoms with Gasteiger partial charge in [0.1, 0.15) is 0 Å². The lowest BCUT2D eigenvalue weighted by molar-refractivity contribution is 0.440. The Morgan fingerprint density at radius 3 is 2.13 bits per heavy atom. The molecule has 0 heterocycles. The van der Waals surface area contributed by atoms with Crippen LogP contribution in [-0.4, -0.2) is 24.8 Å². The van der Waals surface area contributed by atoms with Crippen LogP contribution in [0.5, 0.6) is 0 Å². The van der Waals surface area contributed by atoms with E-state index in [4.69, 9.17) is 10.3 Å². The molecule has 0 saturated carbocycles. The zero-order chi connectivity index (χ0) is 11.9. The lowest BCUT2D eigenvalue weighted by atomic mass is 9.99. The average Bonchev–Trinajstić information content (AvgIpc) is 2.08. The third-order valence-electron chi connectivity index (χ3n) is 2.55. The molecule has 0 radical (unpaired) electrons. The van der Waals surface area contributed by atoms with E-state index in [0.29, 0.717) is 12.3 Å². The van der Waals surface area contributed by atoms with Gasteiger partial charge in [-0.2, -0.15) is 8.42 Å². The average molecular weight is 237 g/mol. The highest BCUT2D eigenvalue weighted by Crippen LogP contribution is 2.10. The van der Waals surface area contributed by atoms with Crippen LogP contribution in [0.4, 0.5) is 0 Å². The van der Waals surface area contributed by atoms with E-state index < -0.39 is 10.1 Å². The van der Waals surface area contributed by atoms with Crippen molar-refractivity contribution in [3.63, 3.8) is 0 Å². The summed E-state index contributed by atoms with van der Waals surface area (Å²) in [6.07, 6.45) is 4.38. The molecule has 1 atom stereocenters. The van der Waals surface area contributed by atoms with E-state index in [1.165, 1.54) is 0 Å². The molecule has 0 spiro atoms. The molecule has 0 amide bonds. The van der Waals surface area contributed by atoms with Gasteiger partial charge in [-0.15, -0.1) is 0 Å². The maximum atomic E-state index is 10.4. The van der Waals surface area contributed by atoms with Crippen molar-refractivity contribution in [2.75, 3.05) is 5.75 Å². The molecule has 4 nitrogen and oxygen atoms in total. The number of nitrogens with two attached hydrogens (primary N) is 1. The van der Waals surface area contributed by atoms with Crippen LogP contribution >= 0.6 is 0 Å². The van der Waals surface area contributed by atoms with Gasteiger partial charge in [-0.25, -0.2) is 0 Å². The minimum atomic E-state index is -3.77. The molecule has 0 fully saturated rings. The fourth-order valence-corrected chi connectivity index (χ4v) is 1.92. The van der Waals surface area contributed by atoms with Crippen molar-refractivity contribution in [1.82, 2.24) is 0 Å². The molecule has 15 heavy (non-hydrogen) atoms. The van der Waals surface area contributed by atoms with Crippen LogP contribution in [0.15, 0.2) is 0 Å². The van der Waals surface area contributed by atoms with Crippen molar-refractivity contribution in [3.05, 3.63) is 0 Å². The summed E-state index contributed by atoms with van der Waals surface area (Å²) in [6.45, 7) is 4.20. The van der Waals surface area contributed by atoms with Gasteiger partial charge in [0.15, 0.2) is 0 Å². The molecule has 0 rings (SSSR count). The Morgan fingerprint density at radius 1 is 1.13 bits per heavy atom. The molecular weight excluding hydrogens is 214 g/mol. The molecule has 0 aromatic heterocycles. The van der Waals surface area contributed by atoms with Crippen LogP contribution in [0.1, 0.15) is 46.0 Å². The van der Waals surface area contributed by atoms with Gasteiger partial charge in [-0.3, -0.25) is 4.55 Å². The summed E-state index contributed by atoms with van der Waals surface area (Å²) >= 11 is 0. The molecule has 0 unspecified atom stereocenters. The first-order chi connectivity index (χ1) is 6.83. The van der Waals surface area contributed by atoms with E-state index in [2.05, 4.69) is 13.8 Å². The predicted octanol–water partition coefficient (Wildman–Crippen LogP) is 1.81. The van der Waals surface area contributed by atoms with Crippen LogP contribution in [0.2, 0.25) is 0 Å². The summed E-state index contributed by atoms with van der Waals surface area (Å²) in [6, 6.07) is 0.242. The summed E-state index contributed by atoms with van der Waals surface area (Å²) in [5, 5.41) is 0. The van der Waals surface area contributed by atoms with E-state index in [9.17, 15) is 8.42 Å². The fourth-order valence-electron chi connectivity index (χ4n) is 1.35. The highest BCUT2D eigenvalue weighted by molar-refractivity contribution is 7.85. The first kappa shape index (κ1) is 14.9. The monoisotopic (exact) mass is 237 g/mol. The molecule has 0 aromatic rings. The smallest absolute Gasteiger partial charge is 0.264 e. The molecule has 3 N–H and O–H groups in total. The Kier molecular flexibility index (Phi) is 7.13. The van der Waals surface area contributed by atoms with Gasteiger partial charge in [0, 0.05) is 6.04 Å². The molecule has 0 bridgehead atoms. The van der Waals surface area contributed by atoms with Gasteiger partial charge >= 0.3 is 0 Å². The van der Waals surface area contributed by atoms with Gasteiger partial charge in [-0.05, 0) is 18.8 Å². The Labute approximate surface area is 93.0 Å². The Morgan fingerprint density at radius 2 is 1.67 bits per heavy atom. The highest BCUT2D eigenvalue weighted by atomic mass is 32.2. The number of unbranched alkanes of at least 4 members (excludes halogenated alkanes) is 3. The molecule has 0 aliphatic carbocycles. The van der Waals surface area contributed by atoms with Crippen LogP contribution in [-0.2, 0) is 10.1 Å². The van der Waals surface area contributed by atoms with E-state index in [-0.39, 0.29) is 11.8 Å². The summed E-state index contributed by atoms with van der Waals surface area (Å²) in [5.41, 5.74) is 5.86. The number of hydrogen-bond acceptors (Lipinski definition) is 3. The van der Waals surface area contributed by atoms with E-state index >= 15 is 0 Å². The van der Waals surface area contributed by atoms with Crippen LogP contribution in [0, 0.1) is 5.92 Å². The van der Waals surface area contributed by atoms with Gasteiger partial charge in [0.05, 0.1) is 5.75 Å². The SMILES string of the molecule is CC(C)[C@H](N)CCCCCCS(=O)(=O)O. The van der Waals surface area contributed by atoms with Crippen LogP contribution in [0.25, 0.3) is 0 Å². The molecule has 0 aromatic carbocycles. The fraction of sp³-hybridized carbons (Fsp3) is 1.00. The summed E-state index contributed by atoms with van der Waals surface area (Å²) in [7, 11) is -3.77. The molecule has 0 saturated heterocycles. The van der Waals surface area contributed by atoms with E-state index in [0.717, 1.165) is 25.7 Å². The van der Waals surface area contributed by atoms with Crippen molar-refractivity contribution in [3.8, 4) is 0 Å². The summed E-state index contributed by atoms with van der Waals surface area (Å²) < 4.78 is 29.3. The minimum Gasteiger partial charge on any atom is -0.327 e. The third-order valence-corrected chi connectivity index (χ3v) is 3.35. The van der Waals surface area contributed by atoms with Gasteiger partial charge in [0.2, 0.25) is 0 Å². The maximum absolute atomic E-state index is 10.4. The second kappa shape index (κ2) is 7.19. The molecular formula is C10H23NO3S. The molecule has 0 aliphatic heterocycles. The van der Waals surface area contributed by atoms with Gasteiger partial charge in [-0.1, -0.05) is 33.1 Å². The minimum absolute atomic E-state index is 0.122. The zero-order valence-corrected chi connectivity index (χ0v) is 10.5. The van der Waals surface area contributed by atoms with Crippen LogP contribution < -0.4 is 5.73 Å². The van der Waals surface area contributed by atoms with Crippen molar-refractivity contribution >= 4 is 10.1 Å². The normalized spacial score (nSPS) is 14.5. The largest absolute Gasteiger partial charge is 0.327 e. The van der Waals surface area contributed by atoms with Crippen molar-refractivity contribution in [1.29, 1.82) is 0 Å². The van der Waals surface area contributed by atoms with Gasteiger partial charge in [0.25, 0.3) is 10.1 Å².